The molecule has 3 aromatic rings. The zero-order valence-corrected chi connectivity index (χ0v) is 19.3. The van der Waals surface area contributed by atoms with Gasteiger partial charge in [-0.3, -0.25) is 4.79 Å². The highest BCUT2D eigenvalue weighted by molar-refractivity contribution is 14.1. The van der Waals surface area contributed by atoms with Crippen molar-refractivity contribution in [3.8, 4) is 11.5 Å². The summed E-state index contributed by atoms with van der Waals surface area (Å²) in [6.07, 6.45) is 1.58. The largest absolute Gasteiger partial charge is 0.493 e. The Balaban J connectivity index is 1.68. The van der Waals surface area contributed by atoms with Crippen LogP contribution in [0.5, 0.6) is 11.5 Å². The molecule has 0 spiro atoms. The summed E-state index contributed by atoms with van der Waals surface area (Å²) in [4.78, 5) is 12.2. The van der Waals surface area contributed by atoms with Crippen LogP contribution >= 0.6 is 22.6 Å². The van der Waals surface area contributed by atoms with E-state index in [1.807, 2.05) is 43.3 Å². The molecule has 30 heavy (non-hydrogen) atoms. The van der Waals surface area contributed by atoms with Crippen LogP contribution in [0.3, 0.4) is 0 Å². The van der Waals surface area contributed by atoms with Crippen LogP contribution in [0, 0.1) is 17.4 Å². The van der Waals surface area contributed by atoms with Gasteiger partial charge in [-0.25, -0.2) is 5.43 Å². The highest BCUT2D eigenvalue weighted by Gasteiger charge is 2.12. The van der Waals surface area contributed by atoms with Crippen LogP contribution in [-0.4, -0.2) is 19.2 Å². The molecule has 0 bridgehead atoms. The summed E-state index contributed by atoms with van der Waals surface area (Å²) in [5.74, 6) is 1.03. The standard InChI is InChI=1S/C24H23IN2O3/c1-16-4-8-18(9-5-16)15-30-23-21(25)12-19(13-22(23)29-3)14-26-27-24(28)20-10-6-17(2)7-11-20/h4-14H,15H2,1-3H3,(H,27,28)/b26-14+. The molecule has 0 aliphatic rings. The Hall–Kier alpha value is -2.87. The monoisotopic (exact) mass is 514 g/mol. The van der Waals surface area contributed by atoms with Gasteiger partial charge < -0.3 is 9.47 Å². The van der Waals surface area contributed by atoms with Crippen molar-refractivity contribution in [1.82, 2.24) is 5.43 Å². The van der Waals surface area contributed by atoms with Crippen LogP contribution in [0.4, 0.5) is 0 Å². The average Bonchev–Trinajstić information content (AvgIpc) is 2.74. The van der Waals surface area contributed by atoms with E-state index in [0.29, 0.717) is 23.7 Å². The Kier molecular flexibility index (Phi) is 7.46. The van der Waals surface area contributed by atoms with Gasteiger partial charge in [-0.05, 0) is 71.8 Å². The van der Waals surface area contributed by atoms with Gasteiger partial charge in [0.15, 0.2) is 11.5 Å². The van der Waals surface area contributed by atoms with Crippen LogP contribution < -0.4 is 14.9 Å². The van der Waals surface area contributed by atoms with Gasteiger partial charge >= 0.3 is 0 Å². The number of hydrogen-bond acceptors (Lipinski definition) is 4. The number of methoxy groups -OCH3 is 1. The van der Waals surface area contributed by atoms with E-state index < -0.39 is 0 Å². The Bertz CT molecular complexity index is 1050. The first-order chi connectivity index (χ1) is 14.5. The smallest absolute Gasteiger partial charge is 0.271 e. The number of amides is 1. The van der Waals surface area contributed by atoms with E-state index in [0.717, 1.165) is 20.3 Å². The van der Waals surface area contributed by atoms with E-state index in [9.17, 15) is 4.79 Å². The van der Waals surface area contributed by atoms with Crippen molar-refractivity contribution in [2.45, 2.75) is 20.5 Å². The molecule has 0 unspecified atom stereocenters. The number of ether oxygens (including phenoxy) is 2. The van der Waals surface area contributed by atoms with E-state index >= 15 is 0 Å². The molecule has 1 N–H and O–H groups in total. The summed E-state index contributed by atoms with van der Waals surface area (Å²) in [6, 6.07) is 19.3. The second-order valence-electron chi connectivity index (χ2n) is 6.87. The molecule has 3 rings (SSSR count). The first-order valence-electron chi connectivity index (χ1n) is 9.42. The molecular formula is C24H23IN2O3. The summed E-state index contributed by atoms with van der Waals surface area (Å²) in [5.41, 5.74) is 7.30. The first kappa shape index (κ1) is 21.8. The number of benzene rings is 3. The van der Waals surface area contributed by atoms with Crippen LogP contribution in [0.25, 0.3) is 0 Å². The summed E-state index contributed by atoms with van der Waals surface area (Å²) < 4.78 is 12.4. The van der Waals surface area contributed by atoms with E-state index in [2.05, 4.69) is 52.2 Å². The Labute approximate surface area is 190 Å². The molecule has 1 amide bonds. The van der Waals surface area contributed by atoms with Gasteiger partial charge in [-0.15, -0.1) is 0 Å². The van der Waals surface area contributed by atoms with Gasteiger partial charge in [-0.1, -0.05) is 47.5 Å². The van der Waals surface area contributed by atoms with Crippen molar-refractivity contribution >= 4 is 34.7 Å². The van der Waals surface area contributed by atoms with E-state index in [-0.39, 0.29) is 5.91 Å². The third-order valence-corrected chi connectivity index (χ3v) is 5.25. The molecule has 0 aromatic heterocycles. The molecule has 0 saturated heterocycles. The van der Waals surface area contributed by atoms with Crippen molar-refractivity contribution in [1.29, 1.82) is 0 Å². The number of rotatable bonds is 7. The molecular weight excluding hydrogens is 491 g/mol. The molecule has 154 valence electrons. The predicted molar refractivity (Wildman–Crippen MR) is 127 cm³/mol. The zero-order chi connectivity index (χ0) is 21.5. The van der Waals surface area contributed by atoms with Gasteiger partial charge in [-0.2, -0.15) is 5.10 Å². The minimum absolute atomic E-state index is 0.258. The fraction of sp³-hybridized carbons (Fsp3) is 0.167. The maximum atomic E-state index is 12.2. The van der Waals surface area contributed by atoms with Gasteiger partial charge in [0.05, 0.1) is 16.9 Å². The lowest BCUT2D eigenvalue weighted by molar-refractivity contribution is 0.0955. The lowest BCUT2D eigenvalue weighted by atomic mass is 10.1. The molecule has 0 radical (unpaired) electrons. The number of hydrogen-bond donors (Lipinski definition) is 1. The maximum absolute atomic E-state index is 12.2. The second kappa shape index (κ2) is 10.2. The maximum Gasteiger partial charge on any atom is 0.271 e. The fourth-order valence-electron chi connectivity index (χ4n) is 2.73. The number of hydrazone groups is 1. The Morgan fingerprint density at radius 3 is 2.30 bits per heavy atom. The van der Waals surface area contributed by atoms with Crippen molar-refractivity contribution in [2.24, 2.45) is 5.10 Å². The van der Waals surface area contributed by atoms with Crippen LogP contribution in [0.15, 0.2) is 65.8 Å². The number of nitrogens with zero attached hydrogens (tertiary/aromatic N) is 1. The Morgan fingerprint density at radius 2 is 1.67 bits per heavy atom. The summed E-state index contributed by atoms with van der Waals surface area (Å²) >= 11 is 2.21. The van der Waals surface area contributed by atoms with Gasteiger partial charge in [0.2, 0.25) is 0 Å². The first-order valence-corrected chi connectivity index (χ1v) is 10.5. The van der Waals surface area contributed by atoms with Crippen LogP contribution in [0.2, 0.25) is 0 Å². The van der Waals surface area contributed by atoms with Crippen LogP contribution in [-0.2, 0) is 6.61 Å². The Morgan fingerprint density at radius 1 is 1.03 bits per heavy atom. The molecule has 5 nitrogen and oxygen atoms in total. The molecule has 0 fully saturated rings. The molecule has 3 aromatic carbocycles. The quantitative estimate of drug-likeness (QED) is 0.266. The summed E-state index contributed by atoms with van der Waals surface area (Å²) in [7, 11) is 1.60. The number of halogens is 1. The molecule has 0 aliphatic carbocycles. The SMILES string of the molecule is COc1cc(/C=N/NC(=O)c2ccc(C)cc2)cc(I)c1OCc1ccc(C)cc1. The van der Waals surface area contributed by atoms with E-state index in [1.54, 1.807) is 25.5 Å². The van der Waals surface area contributed by atoms with Gasteiger partial charge in [0, 0.05) is 5.56 Å². The van der Waals surface area contributed by atoms with Gasteiger partial charge in [0.25, 0.3) is 5.91 Å². The lowest BCUT2D eigenvalue weighted by Gasteiger charge is -2.13. The predicted octanol–water partition coefficient (Wildman–Crippen LogP) is 5.26. The molecule has 0 heterocycles. The fourth-order valence-corrected chi connectivity index (χ4v) is 3.51. The number of carbonyl (C=O) groups excluding carboxylic acids is 1. The molecule has 6 heteroatoms. The van der Waals surface area contributed by atoms with E-state index in [1.165, 1.54) is 5.56 Å². The summed E-state index contributed by atoms with van der Waals surface area (Å²) in [6.45, 7) is 4.48. The minimum atomic E-state index is -0.258. The van der Waals surface area contributed by atoms with Crippen molar-refractivity contribution in [3.63, 3.8) is 0 Å². The zero-order valence-electron chi connectivity index (χ0n) is 17.1. The van der Waals surface area contributed by atoms with E-state index in [4.69, 9.17) is 9.47 Å². The van der Waals surface area contributed by atoms with Crippen LogP contribution in [0.1, 0.15) is 32.6 Å². The summed E-state index contributed by atoms with van der Waals surface area (Å²) in [5, 5.41) is 4.06. The normalized spacial score (nSPS) is 10.8. The molecule has 0 atom stereocenters. The third kappa shape index (κ3) is 5.82. The molecule has 0 saturated carbocycles. The van der Waals surface area contributed by atoms with Gasteiger partial charge in [0.1, 0.15) is 6.61 Å². The van der Waals surface area contributed by atoms with Crippen molar-refractivity contribution < 1.29 is 14.3 Å². The lowest BCUT2D eigenvalue weighted by Crippen LogP contribution is -2.17. The number of carbonyl (C=O) groups is 1. The highest BCUT2D eigenvalue weighted by Crippen LogP contribution is 2.34. The third-order valence-electron chi connectivity index (χ3n) is 4.45. The van der Waals surface area contributed by atoms with Crippen molar-refractivity contribution in [2.75, 3.05) is 7.11 Å². The average molecular weight is 514 g/mol. The van der Waals surface area contributed by atoms with Crippen molar-refractivity contribution in [3.05, 3.63) is 92.1 Å². The second-order valence-corrected chi connectivity index (χ2v) is 8.04. The highest BCUT2D eigenvalue weighted by atomic mass is 127. The molecule has 0 aliphatic heterocycles. The number of aryl methyl sites for hydroxylation is 2. The number of nitrogens with one attached hydrogen (secondary N) is 1. The topological polar surface area (TPSA) is 59.9 Å². The minimum Gasteiger partial charge on any atom is -0.493 e.